The number of hydrogen-bond acceptors (Lipinski definition) is 9. The smallest absolute Gasteiger partial charge is 0.350 e. The standard InChI is InChI=1S/C24H23N3O5S/c1-5-14-6-9-19-16(10-14)17(26-27-24-25-13(2)22(33-24)23(29)31-4)12-20(32-19)15-7-8-18(28)21(11-15)30-3/h6-12,28H,5H2,1-4H3,(H,25,27)/b26-17+. The number of ether oxygens (including phenoxy) is 2. The zero-order valence-electron chi connectivity index (χ0n) is 18.6. The van der Waals surface area contributed by atoms with Gasteiger partial charge in [-0.2, -0.15) is 5.10 Å². The minimum Gasteiger partial charge on any atom is -0.504 e. The molecule has 0 aliphatic carbocycles. The van der Waals surface area contributed by atoms with Gasteiger partial charge in [-0.25, -0.2) is 9.78 Å². The summed E-state index contributed by atoms with van der Waals surface area (Å²) < 4.78 is 16.2. The second kappa shape index (κ2) is 9.33. The highest BCUT2D eigenvalue weighted by molar-refractivity contribution is 7.17. The predicted octanol–water partition coefficient (Wildman–Crippen LogP) is 4.86. The molecule has 0 radical (unpaired) electrons. The summed E-state index contributed by atoms with van der Waals surface area (Å²) in [6, 6.07) is 12.8. The van der Waals surface area contributed by atoms with Gasteiger partial charge in [0, 0.05) is 17.0 Å². The zero-order valence-corrected chi connectivity index (χ0v) is 19.4. The number of fused-ring (bicyclic) bond motifs is 1. The van der Waals surface area contributed by atoms with Crippen molar-refractivity contribution in [3.63, 3.8) is 0 Å². The summed E-state index contributed by atoms with van der Waals surface area (Å²) in [5.74, 6) is 0.505. The van der Waals surface area contributed by atoms with Gasteiger partial charge in [0.2, 0.25) is 5.13 Å². The molecule has 0 spiro atoms. The van der Waals surface area contributed by atoms with Crippen molar-refractivity contribution in [2.75, 3.05) is 19.6 Å². The maximum Gasteiger partial charge on any atom is 0.350 e. The summed E-state index contributed by atoms with van der Waals surface area (Å²) in [7, 11) is 2.83. The quantitative estimate of drug-likeness (QED) is 0.309. The number of benzene rings is 2. The van der Waals surface area contributed by atoms with E-state index in [-0.39, 0.29) is 5.75 Å². The molecule has 0 aliphatic heterocycles. The first-order valence-corrected chi connectivity index (χ1v) is 11.0. The Labute approximate surface area is 194 Å². The Morgan fingerprint density at radius 2 is 2.03 bits per heavy atom. The molecular formula is C24H23N3O5S. The van der Waals surface area contributed by atoms with Gasteiger partial charge in [0.05, 0.1) is 25.3 Å². The van der Waals surface area contributed by atoms with E-state index in [2.05, 4.69) is 22.4 Å². The predicted molar refractivity (Wildman–Crippen MR) is 127 cm³/mol. The van der Waals surface area contributed by atoms with Crippen LogP contribution in [0.5, 0.6) is 11.5 Å². The SMILES string of the molecule is CCc1ccc2oc(-c3ccc(O)c(OC)c3)c/c(=N\Nc3nc(C)c(C(=O)OC)s3)c2c1. The Balaban J connectivity index is 1.84. The molecule has 2 heterocycles. The lowest BCUT2D eigenvalue weighted by molar-refractivity contribution is 0.0605. The number of phenols is 1. The van der Waals surface area contributed by atoms with Crippen molar-refractivity contribution in [2.45, 2.75) is 20.3 Å². The summed E-state index contributed by atoms with van der Waals surface area (Å²) in [5.41, 5.74) is 6.05. The number of nitrogens with zero attached hydrogens (tertiary/aromatic N) is 2. The normalized spacial score (nSPS) is 11.6. The lowest BCUT2D eigenvalue weighted by Gasteiger charge is -2.09. The van der Waals surface area contributed by atoms with Gasteiger partial charge < -0.3 is 19.0 Å². The van der Waals surface area contributed by atoms with Crippen LogP contribution in [0.2, 0.25) is 0 Å². The van der Waals surface area contributed by atoms with E-state index in [9.17, 15) is 9.90 Å². The third kappa shape index (κ3) is 4.54. The van der Waals surface area contributed by atoms with Crippen molar-refractivity contribution in [1.82, 2.24) is 4.98 Å². The van der Waals surface area contributed by atoms with Gasteiger partial charge in [0.25, 0.3) is 0 Å². The van der Waals surface area contributed by atoms with E-state index < -0.39 is 5.97 Å². The minimum atomic E-state index is -0.432. The molecule has 0 amide bonds. The highest BCUT2D eigenvalue weighted by atomic mass is 32.1. The number of thiazole rings is 1. The molecule has 4 aromatic rings. The van der Waals surface area contributed by atoms with Gasteiger partial charge in [-0.15, -0.1) is 0 Å². The van der Waals surface area contributed by atoms with Crippen LogP contribution in [0, 0.1) is 6.92 Å². The Hall–Kier alpha value is -3.85. The van der Waals surface area contributed by atoms with Crippen LogP contribution in [-0.2, 0) is 11.2 Å². The monoisotopic (exact) mass is 465 g/mol. The van der Waals surface area contributed by atoms with Gasteiger partial charge in [-0.05, 0) is 49.2 Å². The van der Waals surface area contributed by atoms with Gasteiger partial charge in [0.1, 0.15) is 16.2 Å². The molecule has 4 rings (SSSR count). The molecule has 0 saturated heterocycles. The zero-order chi connectivity index (χ0) is 23.5. The summed E-state index contributed by atoms with van der Waals surface area (Å²) in [6.45, 7) is 3.83. The molecule has 33 heavy (non-hydrogen) atoms. The van der Waals surface area contributed by atoms with Crippen molar-refractivity contribution in [1.29, 1.82) is 0 Å². The van der Waals surface area contributed by atoms with E-state index in [0.29, 0.717) is 38.2 Å². The molecule has 0 aliphatic rings. The van der Waals surface area contributed by atoms with Crippen LogP contribution in [0.4, 0.5) is 5.13 Å². The first-order chi connectivity index (χ1) is 15.9. The van der Waals surface area contributed by atoms with E-state index in [1.165, 1.54) is 25.6 Å². The number of esters is 1. The number of methoxy groups -OCH3 is 2. The maximum absolute atomic E-state index is 11.9. The number of aryl methyl sites for hydroxylation is 2. The van der Waals surface area contributed by atoms with Crippen molar-refractivity contribution >= 4 is 33.4 Å². The molecule has 2 N–H and O–H groups in total. The fraction of sp³-hybridized carbons (Fsp3) is 0.208. The van der Waals surface area contributed by atoms with Crippen LogP contribution in [0.25, 0.3) is 22.3 Å². The molecule has 0 atom stereocenters. The van der Waals surface area contributed by atoms with Crippen molar-refractivity contribution in [2.24, 2.45) is 5.10 Å². The van der Waals surface area contributed by atoms with E-state index >= 15 is 0 Å². The Bertz CT molecular complexity index is 1410. The molecule has 170 valence electrons. The summed E-state index contributed by atoms with van der Waals surface area (Å²) in [4.78, 5) is 16.7. The number of nitrogens with one attached hydrogen (secondary N) is 1. The number of anilines is 1. The summed E-state index contributed by atoms with van der Waals surface area (Å²) >= 11 is 1.17. The third-order valence-electron chi connectivity index (χ3n) is 5.12. The third-order valence-corrected chi connectivity index (χ3v) is 6.16. The number of carbonyl (C=O) groups excluding carboxylic acids is 1. The minimum absolute atomic E-state index is 0.0433. The molecule has 2 aromatic heterocycles. The van der Waals surface area contributed by atoms with Crippen LogP contribution in [-0.4, -0.2) is 30.3 Å². The number of rotatable bonds is 6. The van der Waals surface area contributed by atoms with Crippen LogP contribution < -0.4 is 15.5 Å². The van der Waals surface area contributed by atoms with Crippen molar-refractivity contribution in [3.8, 4) is 22.8 Å². The van der Waals surface area contributed by atoms with Gasteiger partial charge >= 0.3 is 5.97 Å². The average Bonchev–Trinajstić information content (AvgIpc) is 3.22. The lowest BCUT2D eigenvalue weighted by Crippen LogP contribution is -2.08. The second-order valence-electron chi connectivity index (χ2n) is 7.22. The molecule has 8 nitrogen and oxygen atoms in total. The van der Waals surface area contributed by atoms with Gasteiger partial charge in [-0.3, -0.25) is 5.43 Å². The molecule has 0 saturated carbocycles. The molecule has 0 bridgehead atoms. The highest BCUT2D eigenvalue weighted by Gasteiger charge is 2.15. The summed E-state index contributed by atoms with van der Waals surface area (Å²) in [6.07, 6.45) is 0.869. The highest BCUT2D eigenvalue weighted by Crippen LogP contribution is 2.32. The first-order valence-electron chi connectivity index (χ1n) is 10.2. The van der Waals surface area contributed by atoms with Crippen LogP contribution in [0.1, 0.15) is 27.9 Å². The Morgan fingerprint density at radius 3 is 2.76 bits per heavy atom. The molecular weight excluding hydrogens is 442 g/mol. The summed E-state index contributed by atoms with van der Waals surface area (Å²) in [5, 5.41) is 16.5. The topological polar surface area (TPSA) is 106 Å². The van der Waals surface area contributed by atoms with E-state index in [1.54, 1.807) is 25.1 Å². The Morgan fingerprint density at radius 1 is 1.21 bits per heavy atom. The average molecular weight is 466 g/mol. The van der Waals surface area contributed by atoms with Crippen LogP contribution in [0.15, 0.2) is 52.0 Å². The van der Waals surface area contributed by atoms with Gasteiger partial charge in [-0.1, -0.05) is 24.3 Å². The van der Waals surface area contributed by atoms with Crippen molar-refractivity contribution in [3.05, 3.63) is 64.0 Å². The largest absolute Gasteiger partial charge is 0.504 e. The van der Waals surface area contributed by atoms with Crippen LogP contribution in [0.3, 0.4) is 0 Å². The fourth-order valence-corrected chi connectivity index (χ4v) is 4.16. The maximum atomic E-state index is 11.9. The van der Waals surface area contributed by atoms with E-state index in [4.69, 9.17) is 13.9 Å². The molecule has 0 unspecified atom stereocenters. The second-order valence-corrected chi connectivity index (χ2v) is 8.21. The van der Waals surface area contributed by atoms with Gasteiger partial charge in [0.15, 0.2) is 11.5 Å². The number of carbonyl (C=O) groups is 1. The molecule has 0 fully saturated rings. The van der Waals surface area contributed by atoms with Crippen molar-refractivity contribution < 1.29 is 23.8 Å². The Kier molecular flexibility index (Phi) is 6.32. The number of aromatic nitrogens is 1. The van der Waals surface area contributed by atoms with Crippen LogP contribution >= 0.6 is 11.3 Å². The fourth-order valence-electron chi connectivity index (χ4n) is 3.34. The molecule has 9 heteroatoms. The molecule has 2 aromatic carbocycles. The first kappa shape index (κ1) is 22.3. The number of hydrogen-bond donors (Lipinski definition) is 2. The number of phenolic OH excluding ortho intramolecular Hbond substituents is 1. The van der Waals surface area contributed by atoms with E-state index in [1.807, 2.05) is 24.3 Å². The lowest BCUT2D eigenvalue weighted by atomic mass is 10.1. The number of aromatic hydroxyl groups is 1. The van der Waals surface area contributed by atoms with E-state index in [0.717, 1.165) is 22.9 Å².